The zero-order chi connectivity index (χ0) is 19.2. The SMILES string of the molecule is CCCCOC(O)(OCCCC)C1(O)OC(=O)c2ccccc2C(=O)O1. The fourth-order valence-corrected chi connectivity index (χ4v) is 2.28. The van der Waals surface area contributed by atoms with E-state index in [9.17, 15) is 19.8 Å². The second-order valence-electron chi connectivity index (χ2n) is 5.89. The number of esters is 2. The molecule has 0 amide bonds. The van der Waals surface area contributed by atoms with Crippen LogP contribution in [0.2, 0.25) is 0 Å². The molecule has 0 bridgehead atoms. The first kappa shape index (κ1) is 20.3. The van der Waals surface area contributed by atoms with Crippen LogP contribution in [0, 0.1) is 0 Å². The van der Waals surface area contributed by atoms with Gasteiger partial charge >= 0.3 is 23.9 Å². The van der Waals surface area contributed by atoms with E-state index in [0.717, 1.165) is 12.8 Å². The molecule has 1 aromatic carbocycles. The molecule has 0 saturated heterocycles. The molecule has 0 aliphatic carbocycles. The maximum atomic E-state index is 12.3. The van der Waals surface area contributed by atoms with E-state index < -0.39 is 23.9 Å². The highest BCUT2D eigenvalue weighted by molar-refractivity contribution is 6.04. The maximum absolute atomic E-state index is 12.3. The van der Waals surface area contributed by atoms with Crippen molar-refractivity contribution >= 4 is 11.9 Å². The van der Waals surface area contributed by atoms with Crippen LogP contribution in [-0.4, -0.2) is 47.3 Å². The zero-order valence-electron chi connectivity index (χ0n) is 14.9. The average Bonchev–Trinajstić information content (AvgIpc) is 2.71. The zero-order valence-corrected chi connectivity index (χ0v) is 14.9. The number of ether oxygens (including phenoxy) is 4. The molecule has 144 valence electrons. The highest BCUT2D eigenvalue weighted by atomic mass is 16.9. The van der Waals surface area contributed by atoms with Crippen molar-refractivity contribution in [3.8, 4) is 0 Å². The molecule has 1 heterocycles. The Morgan fingerprint density at radius 2 is 1.38 bits per heavy atom. The molecular formula is C18H24O8. The van der Waals surface area contributed by atoms with Crippen molar-refractivity contribution in [1.29, 1.82) is 0 Å². The lowest BCUT2D eigenvalue weighted by Crippen LogP contribution is -2.62. The fourth-order valence-electron chi connectivity index (χ4n) is 2.28. The molecule has 1 aliphatic rings. The number of rotatable bonds is 9. The second kappa shape index (κ2) is 8.59. The molecule has 26 heavy (non-hydrogen) atoms. The standard InChI is InChI=1S/C18H24O8/c1-3-5-11-23-17(21,24-12-6-4-2)18(22)25-15(19)13-9-7-8-10-14(13)16(20)26-18/h7-10,21-22H,3-6,11-12H2,1-2H3. The number of benzene rings is 1. The molecule has 0 radical (unpaired) electrons. The van der Waals surface area contributed by atoms with E-state index in [2.05, 4.69) is 0 Å². The van der Waals surface area contributed by atoms with Crippen LogP contribution >= 0.6 is 0 Å². The first-order chi connectivity index (χ1) is 12.4. The van der Waals surface area contributed by atoms with Gasteiger partial charge in [-0.15, -0.1) is 0 Å². The van der Waals surface area contributed by atoms with Gasteiger partial charge in [-0.05, 0) is 25.0 Å². The smallest absolute Gasteiger partial charge is 0.388 e. The maximum Gasteiger partial charge on any atom is 0.461 e. The number of fused-ring (bicyclic) bond motifs is 1. The minimum atomic E-state index is -3.15. The summed E-state index contributed by atoms with van der Waals surface area (Å²) in [6.45, 7) is 3.78. The van der Waals surface area contributed by atoms with E-state index in [1.807, 2.05) is 13.8 Å². The molecule has 1 aliphatic heterocycles. The van der Waals surface area contributed by atoms with Gasteiger partial charge in [0.2, 0.25) is 0 Å². The van der Waals surface area contributed by atoms with Crippen molar-refractivity contribution < 1.29 is 38.7 Å². The van der Waals surface area contributed by atoms with Crippen LogP contribution < -0.4 is 0 Å². The Morgan fingerprint density at radius 3 is 1.77 bits per heavy atom. The van der Waals surface area contributed by atoms with E-state index in [4.69, 9.17) is 18.9 Å². The molecule has 0 atom stereocenters. The number of carbonyl (C=O) groups excluding carboxylic acids is 2. The molecule has 0 aromatic heterocycles. The predicted molar refractivity (Wildman–Crippen MR) is 88.9 cm³/mol. The van der Waals surface area contributed by atoms with E-state index in [1.54, 1.807) is 0 Å². The summed E-state index contributed by atoms with van der Waals surface area (Å²) < 4.78 is 20.3. The molecule has 0 spiro atoms. The predicted octanol–water partition coefficient (Wildman–Crippen LogP) is 1.94. The summed E-state index contributed by atoms with van der Waals surface area (Å²) >= 11 is 0. The molecule has 0 fully saturated rings. The average molecular weight is 368 g/mol. The molecule has 1 aromatic rings. The third-order valence-electron chi connectivity index (χ3n) is 3.82. The van der Waals surface area contributed by atoms with Crippen LogP contribution in [0.5, 0.6) is 0 Å². The summed E-state index contributed by atoms with van der Waals surface area (Å²) in [7, 11) is 0. The van der Waals surface area contributed by atoms with E-state index in [1.165, 1.54) is 24.3 Å². The lowest BCUT2D eigenvalue weighted by Gasteiger charge is -2.37. The monoisotopic (exact) mass is 368 g/mol. The molecule has 8 heteroatoms. The second-order valence-corrected chi connectivity index (χ2v) is 5.89. The summed E-state index contributed by atoms with van der Waals surface area (Å²) in [6.07, 6.45) is 2.57. The summed E-state index contributed by atoms with van der Waals surface area (Å²) in [4.78, 5) is 24.7. The lowest BCUT2D eigenvalue weighted by atomic mass is 10.1. The Kier molecular flexibility index (Phi) is 6.71. The molecule has 0 unspecified atom stereocenters. The van der Waals surface area contributed by atoms with Crippen molar-refractivity contribution in [2.75, 3.05) is 13.2 Å². The summed E-state index contributed by atoms with van der Waals surface area (Å²) in [6, 6.07) is 5.75. The van der Waals surface area contributed by atoms with Gasteiger partial charge in [0.15, 0.2) is 0 Å². The number of unbranched alkanes of at least 4 members (excludes halogenated alkanes) is 2. The molecular weight excluding hydrogens is 344 g/mol. The van der Waals surface area contributed by atoms with Crippen molar-refractivity contribution in [2.24, 2.45) is 0 Å². The van der Waals surface area contributed by atoms with Gasteiger partial charge in [0.25, 0.3) is 0 Å². The minimum Gasteiger partial charge on any atom is -0.388 e. The molecule has 2 N–H and O–H groups in total. The van der Waals surface area contributed by atoms with Gasteiger partial charge in [0.1, 0.15) is 0 Å². The highest BCUT2D eigenvalue weighted by Gasteiger charge is 2.62. The number of hydrogen-bond donors (Lipinski definition) is 2. The largest absolute Gasteiger partial charge is 0.461 e. The summed E-state index contributed by atoms with van der Waals surface area (Å²) in [5.74, 6) is -8.11. The Bertz CT molecular complexity index is 595. The van der Waals surface area contributed by atoms with Crippen LogP contribution in [0.1, 0.15) is 60.2 Å². The lowest BCUT2D eigenvalue weighted by molar-refractivity contribution is -0.522. The van der Waals surface area contributed by atoms with Crippen molar-refractivity contribution in [2.45, 2.75) is 51.5 Å². The minimum absolute atomic E-state index is 0.0104. The van der Waals surface area contributed by atoms with E-state index in [-0.39, 0.29) is 24.3 Å². The quantitative estimate of drug-likeness (QED) is 0.386. The fraction of sp³-hybridized carbons (Fsp3) is 0.556. The van der Waals surface area contributed by atoms with Gasteiger partial charge in [-0.25, -0.2) is 9.59 Å². The van der Waals surface area contributed by atoms with Gasteiger partial charge in [0.05, 0.1) is 24.3 Å². The number of cyclic esters (lactones) is 2. The van der Waals surface area contributed by atoms with Gasteiger partial charge in [-0.2, -0.15) is 0 Å². The summed E-state index contributed by atoms with van der Waals surface area (Å²) in [5, 5.41) is 21.4. The Hall–Kier alpha value is -2.00. The normalized spacial score (nSPS) is 16.5. The first-order valence-corrected chi connectivity index (χ1v) is 8.65. The Morgan fingerprint density at radius 1 is 0.962 bits per heavy atom. The molecule has 2 rings (SSSR count). The van der Waals surface area contributed by atoms with Crippen molar-refractivity contribution in [3.63, 3.8) is 0 Å². The molecule has 0 saturated carbocycles. The third kappa shape index (κ3) is 4.21. The van der Waals surface area contributed by atoms with Crippen LogP contribution in [0.3, 0.4) is 0 Å². The van der Waals surface area contributed by atoms with E-state index in [0.29, 0.717) is 12.8 Å². The van der Waals surface area contributed by atoms with Crippen LogP contribution in [0.25, 0.3) is 0 Å². The van der Waals surface area contributed by atoms with Gasteiger partial charge in [0, 0.05) is 0 Å². The number of carbonyl (C=O) groups is 2. The van der Waals surface area contributed by atoms with Crippen molar-refractivity contribution in [3.05, 3.63) is 35.4 Å². The van der Waals surface area contributed by atoms with E-state index >= 15 is 0 Å². The van der Waals surface area contributed by atoms with Gasteiger partial charge in [-0.3, -0.25) is 0 Å². The Labute approximate surface area is 151 Å². The van der Waals surface area contributed by atoms with Crippen LogP contribution in [0.15, 0.2) is 24.3 Å². The third-order valence-corrected chi connectivity index (χ3v) is 3.82. The molecule has 8 nitrogen and oxygen atoms in total. The number of hydrogen-bond acceptors (Lipinski definition) is 8. The topological polar surface area (TPSA) is 112 Å². The van der Waals surface area contributed by atoms with Gasteiger partial charge in [-0.1, -0.05) is 38.8 Å². The van der Waals surface area contributed by atoms with Crippen LogP contribution in [0.4, 0.5) is 0 Å². The van der Waals surface area contributed by atoms with Crippen LogP contribution in [-0.2, 0) is 18.9 Å². The highest BCUT2D eigenvalue weighted by Crippen LogP contribution is 2.34. The number of aliphatic hydroxyl groups is 2. The van der Waals surface area contributed by atoms with Crippen molar-refractivity contribution in [1.82, 2.24) is 0 Å². The first-order valence-electron chi connectivity index (χ1n) is 8.65. The Balaban J connectivity index is 2.33. The summed E-state index contributed by atoms with van der Waals surface area (Å²) in [5.41, 5.74) is -0.198. The van der Waals surface area contributed by atoms with Gasteiger partial charge < -0.3 is 29.2 Å².